The van der Waals surface area contributed by atoms with Gasteiger partial charge in [0.2, 0.25) is 21.8 Å². The molecule has 12 heteroatoms. The van der Waals surface area contributed by atoms with Gasteiger partial charge in [-0.25, -0.2) is 8.42 Å². The molecule has 0 radical (unpaired) electrons. The van der Waals surface area contributed by atoms with Gasteiger partial charge >= 0.3 is 0 Å². The molecule has 0 aliphatic heterocycles. The van der Waals surface area contributed by atoms with Crippen molar-refractivity contribution in [1.82, 2.24) is 10.2 Å². The van der Waals surface area contributed by atoms with Gasteiger partial charge in [-0.15, -0.1) is 0 Å². The van der Waals surface area contributed by atoms with Crippen molar-refractivity contribution in [2.24, 2.45) is 0 Å². The molecule has 2 rings (SSSR count). The van der Waals surface area contributed by atoms with E-state index in [0.29, 0.717) is 21.4 Å². The minimum Gasteiger partial charge on any atom is -0.497 e. The highest BCUT2D eigenvalue weighted by atomic mass is 35.5. The van der Waals surface area contributed by atoms with Gasteiger partial charge in [0.05, 0.1) is 36.2 Å². The SMILES string of the molecule is COc1ccc(N(CC(=O)N(Cc2ccc(Cl)c(Cl)c2)[C@H](C)C(=O)NC(C)C)S(C)(=O)=O)c(OC)c1. The second-order valence-electron chi connectivity index (χ2n) is 8.42. The fraction of sp³-hybridized carbons (Fsp3) is 0.417. The minimum atomic E-state index is -3.92. The Bertz CT molecular complexity index is 1210. The molecule has 0 aromatic heterocycles. The first kappa shape index (κ1) is 29.5. The normalized spacial score (nSPS) is 12.1. The zero-order valence-electron chi connectivity index (χ0n) is 21.0. The van der Waals surface area contributed by atoms with E-state index in [4.69, 9.17) is 32.7 Å². The lowest BCUT2D eigenvalue weighted by Gasteiger charge is -2.32. The first-order valence-corrected chi connectivity index (χ1v) is 13.6. The standard InChI is InChI=1S/C24H31Cl2N3O6S/c1-15(2)27-24(31)16(3)28(13-17-7-9-19(25)20(26)11-17)23(30)14-29(36(6,32)33)21-10-8-18(34-4)12-22(21)35-5/h7-12,15-16H,13-14H2,1-6H3,(H,27,31)/t16-/m1/s1. The zero-order valence-corrected chi connectivity index (χ0v) is 23.4. The summed E-state index contributed by atoms with van der Waals surface area (Å²) in [6, 6.07) is 8.37. The largest absolute Gasteiger partial charge is 0.497 e. The summed E-state index contributed by atoms with van der Waals surface area (Å²) >= 11 is 12.2. The third kappa shape index (κ3) is 7.65. The number of carbonyl (C=O) groups is 2. The van der Waals surface area contributed by atoms with Crippen molar-refractivity contribution in [2.45, 2.75) is 39.4 Å². The molecule has 0 unspecified atom stereocenters. The van der Waals surface area contributed by atoms with Crippen LogP contribution in [0.3, 0.4) is 0 Å². The fourth-order valence-corrected chi connectivity index (χ4v) is 4.58. The molecule has 0 saturated carbocycles. The lowest BCUT2D eigenvalue weighted by Crippen LogP contribution is -2.52. The van der Waals surface area contributed by atoms with Gasteiger partial charge in [0.1, 0.15) is 24.1 Å². The molecular formula is C24H31Cl2N3O6S. The van der Waals surface area contributed by atoms with Crippen LogP contribution < -0.4 is 19.1 Å². The summed E-state index contributed by atoms with van der Waals surface area (Å²) in [6.45, 7) is 4.61. The molecule has 9 nitrogen and oxygen atoms in total. The first-order valence-electron chi connectivity index (χ1n) is 11.0. The number of carbonyl (C=O) groups excluding carboxylic acids is 2. The minimum absolute atomic E-state index is 0.000245. The molecule has 198 valence electrons. The van der Waals surface area contributed by atoms with Crippen molar-refractivity contribution in [3.8, 4) is 11.5 Å². The van der Waals surface area contributed by atoms with Gasteiger partial charge in [-0.1, -0.05) is 29.3 Å². The summed E-state index contributed by atoms with van der Waals surface area (Å²) in [5.41, 5.74) is 0.776. The van der Waals surface area contributed by atoms with Crippen LogP contribution in [0.15, 0.2) is 36.4 Å². The Kier molecular flexibility index (Phi) is 10.3. The lowest BCUT2D eigenvalue weighted by molar-refractivity contribution is -0.139. The van der Waals surface area contributed by atoms with Gasteiger partial charge in [-0.3, -0.25) is 13.9 Å². The van der Waals surface area contributed by atoms with Crippen molar-refractivity contribution in [3.05, 3.63) is 52.0 Å². The summed E-state index contributed by atoms with van der Waals surface area (Å²) in [7, 11) is -1.07. The molecule has 1 N–H and O–H groups in total. The lowest BCUT2D eigenvalue weighted by atomic mass is 10.1. The molecule has 0 aliphatic rings. The van der Waals surface area contributed by atoms with E-state index in [1.54, 1.807) is 45.0 Å². The molecule has 0 saturated heterocycles. The van der Waals surface area contributed by atoms with Gasteiger partial charge in [-0.05, 0) is 50.6 Å². The maximum absolute atomic E-state index is 13.6. The number of ether oxygens (including phenoxy) is 2. The molecule has 0 bridgehead atoms. The molecule has 2 aromatic carbocycles. The number of anilines is 1. The third-order valence-electron chi connectivity index (χ3n) is 5.27. The number of nitrogens with zero attached hydrogens (tertiary/aromatic N) is 2. The van der Waals surface area contributed by atoms with Gasteiger partial charge in [-0.2, -0.15) is 0 Å². The zero-order chi connectivity index (χ0) is 27.2. The Balaban J connectivity index is 2.48. The molecule has 0 spiro atoms. The van der Waals surface area contributed by atoms with E-state index in [0.717, 1.165) is 10.6 Å². The highest BCUT2D eigenvalue weighted by Crippen LogP contribution is 2.34. The highest BCUT2D eigenvalue weighted by Gasteiger charge is 2.31. The molecule has 36 heavy (non-hydrogen) atoms. The molecule has 0 fully saturated rings. The van der Waals surface area contributed by atoms with E-state index in [-0.39, 0.29) is 29.9 Å². The number of halogens is 2. The van der Waals surface area contributed by atoms with Gasteiger partial charge in [0, 0.05) is 18.7 Å². The number of amides is 2. The van der Waals surface area contributed by atoms with Gasteiger partial charge < -0.3 is 19.7 Å². The Labute approximate surface area is 222 Å². The number of hydrogen-bond acceptors (Lipinski definition) is 6. The van der Waals surface area contributed by atoms with Gasteiger partial charge in [0.25, 0.3) is 0 Å². The Morgan fingerprint density at radius 3 is 2.19 bits per heavy atom. The average molecular weight is 561 g/mol. The van der Waals surface area contributed by atoms with Crippen LogP contribution in [0.1, 0.15) is 26.3 Å². The quantitative estimate of drug-likeness (QED) is 0.449. The molecule has 2 aromatic rings. The Morgan fingerprint density at radius 1 is 1.00 bits per heavy atom. The van der Waals surface area contributed by atoms with Crippen LogP contribution in [0.4, 0.5) is 5.69 Å². The maximum Gasteiger partial charge on any atom is 0.244 e. The second kappa shape index (κ2) is 12.5. The van der Waals surface area contributed by atoms with Crippen molar-refractivity contribution >= 4 is 50.7 Å². The Morgan fingerprint density at radius 2 is 1.67 bits per heavy atom. The van der Waals surface area contributed by atoms with E-state index >= 15 is 0 Å². The number of nitrogens with one attached hydrogen (secondary N) is 1. The van der Waals surface area contributed by atoms with Crippen molar-refractivity contribution < 1.29 is 27.5 Å². The van der Waals surface area contributed by atoms with E-state index in [9.17, 15) is 18.0 Å². The number of sulfonamides is 1. The topological polar surface area (TPSA) is 105 Å². The third-order valence-corrected chi connectivity index (χ3v) is 7.14. The van der Waals surface area contributed by atoms with Crippen LogP contribution in [0.5, 0.6) is 11.5 Å². The highest BCUT2D eigenvalue weighted by molar-refractivity contribution is 7.92. The van der Waals surface area contributed by atoms with E-state index in [1.807, 2.05) is 0 Å². The maximum atomic E-state index is 13.6. The van der Waals surface area contributed by atoms with E-state index in [1.165, 1.54) is 31.3 Å². The van der Waals surface area contributed by atoms with Crippen molar-refractivity contribution in [1.29, 1.82) is 0 Å². The van der Waals surface area contributed by atoms with E-state index < -0.39 is 28.5 Å². The van der Waals surface area contributed by atoms with Crippen LogP contribution in [0, 0.1) is 0 Å². The van der Waals surface area contributed by atoms with Gasteiger partial charge in [0.15, 0.2) is 0 Å². The number of rotatable bonds is 11. The van der Waals surface area contributed by atoms with Crippen molar-refractivity contribution in [3.63, 3.8) is 0 Å². The monoisotopic (exact) mass is 559 g/mol. The second-order valence-corrected chi connectivity index (χ2v) is 11.1. The summed E-state index contributed by atoms with van der Waals surface area (Å²) in [4.78, 5) is 27.7. The summed E-state index contributed by atoms with van der Waals surface area (Å²) in [5.74, 6) is -0.327. The van der Waals surface area contributed by atoms with Crippen LogP contribution in [0.2, 0.25) is 10.0 Å². The first-order chi connectivity index (χ1) is 16.8. The number of methoxy groups -OCH3 is 2. The van der Waals surface area contributed by atoms with Crippen LogP contribution in [0.25, 0.3) is 0 Å². The fourth-order valence-electron chi connectivity index (χ4n) is 3.41. The predicted octanol–water partition coefficient (Wildman–Crippen LogP) is 3.72. The van der Waals surface area contributed by atoms with Crippen molar-refractivity contribution in [2.75, 3.05) is 31.3 Å². The molecular weight excluding hydrogens is 529 g/mol. The van der Waals surface area contributed by atoms with Crippen LogP contribution in [-0.2, 0) is 26.2 Å². The average Bonchev–Trinajstić information content (AvgIpc) is 2.81. The van der Waals surface area contributed by atoms with Crippen LogP contribution in [-0.4, -0.2) is 64.2 Å². The molecule has 1 atom stereocenters. The molecule has 0 aliphatic carbocycles. The summed E-state index contributed by atoms with van der Waals surface area (Å²) in [6.07, 6.45) is 0.988. The number of benzene rings is 2. The predicted molar refractivity (Wildman–Crippen MR) is 141 cm³/mol. The summed E-state index contributed by atoms with van der Waals surface area (Å²) < 4.78 is 37.0. The summed E-state index contributed by atoms with van der Waals surface area (Å²) in [5, 5.41) is 3.42. The van der Waals surface area contributed by atoms with Crippen LogP contribution >= 0.6 is 23.2 Å². The molecule has 0 heterocycles. The Hall–Kier alpha value is -2.69. The van der Waals surface area contributed by atoms with E-state index in [2.05, 4.69) is 5.32 Å². The smallest absolute Gasteiger partial charge is 0.244 e. The molecule has 2 amide bonds. The number of hydrogen-bond donors (Lipinski definition) is 1.